The summed E-state index contributed by atoms with van der Waals surface area (Å²) >= 11 is 0. The number of nitrogens with zero attached hydrogens (tertiary/aromatic N) is 3. The van der Waals surface area contributed by atoms with Crippen molar-refractivity contribution in [2.75, 3.05) is 6.54 Å². The molecule has 0 unspecified atom stereocenters. The highest BCUT2D eigenvalue weighted by Crippen LogP contribution is 2.32. The summed E-state index contributed by atoms with van der Waals surface area (Å²) in [5, 5.41) is 6.57. The summed E-state index contributed by atoms with van der Waals surface area (Å²) in [6.07, 6.45) is -4.06. The van der Waals surface area contributed by atoms with Gasteiger partial charge in [0.15, 0.2) is 17.0 Å². The minimum Gasteiger partial charge on any atom is -0.350 e. The normalized spacial score (nSPS) is 11.6. The summed E-state index contributed by atoms with van der Waals surface area (Å²) in [5.74, 6) is -0.550. The van der Waals surface area contributed by atoms with Crippen molar-refractivity contribution in [1.82, 2.24) is 19.9 Å². The van der Waals surface area contributed by atoms with Gasteiger partial charge in [-0.05, 0) is 25.0 Å². The van der Waals surface area contributed by atoms with Gasteiger partial charge < -0.3 is 5.32 Å². The molecule has 4 rings (SSSR count). The Hall–Kier alpha value is -3.68. The van der Waals surface area contributed by atoms with E-state index in [1.807, 2.05) is 37.3 Å². The van der Waals surface area contributed by atoms with Gasteiger partial charge in [-0.25, -0.2) is 9.50 Å². The summed E-state index contributed by atoms with van der Waals surface area (Å²) in [4.78, 5) is 16.8. The number of fused-ring (bicyclic) bond motifs is 1. The summed E-state index contributed by atoms with van der Waals surface area (Å²) in [5.41, 5.74) is 1.59. The average molecular weight is 424 g/mol. The van der Waals surface area contributed by atoms with Crippen LogP contribution in [0.25, 0.3) is 16.9 Å². The topological polar surface area (TPSA) is 59.3 Å². The van der Waals surface area contributed by atoms with Crippen LogP contribution in [0.5, 0.6) is 0 Å². The molecule has 2 aromatic heterocycles. The van der Waals surface area contributed by atoms with Crippen LogP contribution in [-0.2, 0) is 12.6 Å². The predicted octanol–water partition coefficient (Wildman–Crippen LogP) is 4.70. The molecule has 1 N–H and O–H groups in total. The predicted molar refractivity (Wildman–Crippen MR) is 111 cm³/mol. The third-order valence-electron chi connectivity index (χ3n) is 4.84. The number of nitrogens with one attached hydrogen (secondary N) is 1. The van der Waals surface area contributed by atoms with Gasteiger partial charge in [0.05, 0.1) is 5.69 Å². The third-order valence-corrected chi connectivity index (χ3v) is 4.84. The Morgan fingerprint density at radius 1 is 1.03 bits per heavy atom. The fraction of sp³-hybridized carbons (Fsp3) is 0.174. The van der Waals surface area contributed by atoms with Crippen LogP contribution < -0.4 is 5.32 Å². The zero-order valence-electron chi connectivity index (χ0n) is 16.6. The summed E-state index contributed by atoms with van der Waals surface area (Å²) in [6.45, 7) is 2.23. The van der Waals surface area contributed by atoms with Crippen LogP contribution in [0.2, 0.25) is 0 Å². The first-order chi connectivity index (χ1) is 14.8. The second kappa shape index (κ2) is 8.22. The number of hydrogen-bond acceptors (Lipinski definition) is 3. The summed E-state index contributed by atoms with van der Waals surface area (Å²) in [7, 11) is 0. The smallest absolute Gasteiger partial charge is 0.350 e. The Balaban J connectivity index is 1.63. The SMILES string of the molecule is Cc1ccc(-c2cc(C(F)(F)F)n3nc(C(=O)NCCc4ccccc4)cc3n2)cc1. The highest BCUT2D eigenvalue weighted by molar-refractivity contribution is 5.93. The van der Waals surface area contributed by atoms with E-state index in [4.69, 9.17) is 0 Å². The van der Waals surface area contributed by atoms with Crippen LogP contribution in [0.1, 0.15) is 27.3 Å². The van der Waals surface area contributed by atoms with Gasteiger partial charge in [-0.3, -0.25) is 4.79 Å². The summed E-state index contributed by atoms with van der Waals surface area (Å²) < 4.78 is 41.7. The quantitative estimate of drug-likeness (QED) is 0.505. The lowest BCUT2D eigenvalue weighted by Crippen LogP contribution is -2.26. The number of aryl methyl sites for hydroxylation is 1. The molecule has 2 heterocycles. The van der Waals surface area contributed by atoms with E-state index < -0.39 is 17.8 Å². The van der Waals surface area contributed by atoms with Crippen LogP contribution in [0.3, 0.4) is 0 Å². The van der Waals surface area contributed by atoms with Crippen molar-refractivity contribution in [3.8, 4) is 11.3 Å². The second-order valence-corrected chi connectivity index (χ2v) is 7.18. The maximum atomic E-state index is 13.7. The lowest BCUT2D eigenvalue weighted by Gasteiger charge is -2.11. The third kappa shape index (κ3) is 4.58. The second-order valence-electron chi connectivity index (χ2n) is 7.18. The lowest BCUT2D eigenvalue weighted by molar-refractivity contribution is -0.142. The molecule has 0 saturated heterocycles. The van der Waals surface area contributed by atoms with Crippen LogP contribution in [0, 0.1) is 6.92 Å². The number of rotatable bonds is 5. The number of carbonyl (C=O) groups is 1. The Labute approximate surface area is 176 Å². The minimum absolute atomic E-state index is 0.0430. The summed E-state index contributed by atoms with van der Waals surface area (Å²) in [6, 6.07) is 18.8. The molecule has 0 aliphatic rings. The largest absolute Gasteiger partial charge is 0.433 e. The number of halogens is 3. The van der Waals surface area contributed by atoms with Crippen molar-refractivity contribution in [2.24, 2.45) is 0 Å². The van der Waals surface area contributed by atoms with E-state index in [1.165, 1.54) is 6.07 Å². The molecule has 0 fully saturated rings. The van der Waals surface area contributed by atoms with Crippen molar-refractivity contribution in [1.29, 1.82) is 0 Å². The van der Waals surface area contributed by atoms with E-state index in [9.17, 15) is 18.0 Å². The van der Waals surface area contributed by atoms with Crippen molar-refractivity contribution < 1.29 is 18.0 Å². The van der Waals surface area contributed by atoms with Gasteiger partial charge in [-0.15, -0.1) is 0 Å². The monoisotopic (exact) mass is 424 g/mol. The minimum atomic E-state index is -4.66. The molecular weight excluding hydrogens is 405 g/mol. The van der Waals surface area contributed by atoms with Crippen molar-refractivity contribution in [2.45, 2.75) is 19.5 Å². The average Bonchev–Trinajstić information content (AvgIpc) is 3.18. The number of amides is 1. The van der Waals surface area contributed by atoms with Crippen molar-refractivity contribution in [3.05, 3.63) is 89.2 Å². The van der Waals surface area contributed by atoms with Crippen molar-refractivity contribution in [3.63, 3.8) is 0 Å². The molecule has 0 aliphatic heterocycles. The first kappa shape index (κ1) is 20.6. The molecule has 0 bridgehead atoms. The molecule has 0 radical (unpaired) electrons. The van der Waals surface area contributed by atoms with Gasteiger partial charge in [-0.2, -0.15) is 18.3 Å². The lowest BCUT2D eigenvalue weighted by atomic mass is 10.1. The van der Waals surface area contributed by atoms with Gasteiger partial charge in [0, 0.05) is 18.2 Å². The molecule has 1 amide bonds. The Morgan fingerprint density at radius 3 is 2.42 bits per heavy atom. The molecule has 0 spiro atoms. The molecule has 0 saturated carbocycles. The fourth-order valence-electron chi connectivity index (χ4n) is 3.22. The molecule has 0 atom stereocenters. The molecule has 0 aliphatic carbocycles. The van der Waals surface area contributed by atoms with Gasteiger partial charge in [-0.1, -0.05) is 60.2 Å². The number of benzene rings is 2. The van der Waals surface area contributed by atoms with Gasteiger partial charge in [0.25, 0.3) is 5.91 Å². The number of hydrogen-bond donors (Lipinski definition) is 1. The van der Waals surface area contributed by atoms with E-state index in [0.29, 0.717) is 23.0 Å². The van der Waals surface area contributed by atoms with Gasteiger partial charge >= 0.3 is 6.18 Å². The molecular formula is C23H19F3N4O. The Bertz CT molecular complexity index is 1220. The molecule has 158 valence electrons. The fourth-order valence-corrected chi connectivity index (χ4v) is 3.22. The molecule has 4 aromatic rings. The van der Waals surface area contributed by atoms with E-state index in [1.54, 1.807) is 24.3 Å². The number of aromatic nitrogens is 3. The molecule has 5 nitrogen and oxygen atoms in total. The van der Waals surface area contributed by atoms with E-state index >= 15 is 0 Å². The van der Waals surface area contributed by atoms with Gasteiger partial charge in [0.2, 0.25) is 0 Å². The van der Waals surface area contributed by atoms with Crippen LogP contribution >= 0.6 is 0 Å². The highest BCUT2D eigenvalue weighted by Gasteiger charge is 2.35. The molecule has 8 heteroatoms. The number of alkyl halides is 3. The van der Waals surface area contributed by atoms with Crippen LogP contribution in [0.4, 0.5) is 13.2 Å². The Kier molecular flexibility index (Phi) is 5.46. The Morgan fingerprint density at radius 2 is 1.74 bits per heavy atom. The zero-order valence-corrected chi connectivity index (χ0v) is 16.6. The van der Waals surface area contributed by atoms with Crippen LogP contribution in [0.15, 0.2) is 66.7 Å². The first-order valence-electron chi connectivity index (χ1n) is 9.68. The first-order valence-corrected chi connectivity index (χ1v) is 9.68. The molecule has 2 aromatic carbocycles. The maximum Gasteiger partial charge on any atom is 0.433 e. The maximum absolute atomic E-state index is 13.7. The zero-order chi connectivity index (χ0) is 22.0. The van der Waals surface area contributed by atoms with Crippen LogP contribution in [-0.4, -0.2) is 27.0 Å². The van der Waals surface area contributed by atoms with E-state index in [0.717, 1.165) is 17.2 Å². The highest BCUT2D eigenvalue weighted by atomic mass is 19.4. The van der Waals surface area contributed by atoms with Gasteiger partial charge in [0.1, 0.15) is 0 Å². The standard InChI is InChI=1S/C23H19F3N4O/c1-15-7-9-17(10-8-15)18-13-20(23(24,25)26)30-21(28-18)14-19(29-30)22(31)27-12-11-16-5-3-2-4-6-16/h2-10,13-14H,11-12H2,1H3,(H,27,31). The van der Waals surface area contributed by atoms with Crippen molar-refractivity contribution >= 4 is 11.6 Å². The number of carbonyl (C=O) groups excluding carboxylic acids is 1. The van der Waals surface area contributed by atoms with E-state index in [2.05, 4.69) is 15.4 Å². The van der Waals surface area contributed by atoms with E-state index in [-0.39, 0.29) is 17.0 Å². The molecule has 31 heavy (non-hydrogen) atoms.